The number of carbonyl (C=O) groups is 3. The van der Waals surface area contributed by atoms with Crippen LogP contribution in [0.3, 0.4) is 0 Å². The molecule has 16 nitrogen and oxygen atoms in total. The molecule has 0 saturated carbocycles. The van der Waals surface area contributed by atoms with Gasteiger partial charge in [-0.2, -0.15) is 0 Å². The van der Waals surface area contributed by atoms with Crippen LogP contribution >= 0.6 is 15.6 Å². The van der Waals surface area contributed by atoms with Crippen LogP contribution in [0, 0.1) is 0 Å². The summed E-state index contributed by atoms with van der Waals surface area (Å²) in [4.78, 5) is 58.8. The fraction of sp³-hybridized carbons (Fsp3) is 0.710. The topological polar surface area (TPSA) is 231 Å². The molecule has 5 atom stereocenters. The smallest absolute Gasteiger partial charge is 0.463 e. The van der Waals surface area contributed by atoms with E-state index in [1.54, 1.807) is 0 Å². The van der Waals surface area contributed by atoms with E-state index in [1.165, 1.54) is 148 Å². The third-order valence-electron chi connectivity index (χ3n) is 18.6. The number of hydrogen-bond acceptors (Lipinski definition) is 14. The van der Waals surface area contributed by atoms with Crippen LogP contribution in [-0.4, -0.2) is 95.9 Å². The second kappa shape index (κ2) is 84.8. The molecule has 0 aliphatic rings. The van der Waals surface area contributed by atoms with Crippen molar-refractivity contribution in [1.29, 1.82) is 0 Å². The molecule has 0 fully saturated rings. The predicted octanol–water partition coefficient (Wildman–Crippen LogP) is 26.8. The van der Waals surface area contributed by atoms with Crippen LogP contribution in [-0.2, 0) is 55.8 Å². The highest BCUT2D eigenvalue weighted by Crippen LogP contribution is 2.45. The number of phosphoric acid groups is 2. The van der Waals surface area contributed by atoms with Crippen molar-refractivity contribution in [1.82, 2.24) is 0 Å². The molecule has 0 aromatic heterocycles. The molecule has 18 heteroatoms. The van der Waals surface area contributed by atoms with Crippen LogP contribution in [0.5, 0.6) is 0 Å². The Bertz CT molecular complexity index is 2600. The molecular formula is C93H160O16P2. The van der Waals surface area contributed by atoms with Gasteiger partial charge < -0.3 is 34.2 Å². The van der Waals surface area contributed by atoms with Crippen molar-refractivity contribution in [3.05, 3.63) is 146 Å². The van der Waals surface area contributed by atoms with Crippen molar-refractivity contribution in [3.8, 4) is 0 Å². The molecular weight excluding hydrogens is 1430 g/mol. The molecule has 638 valence electrons. The Labute approximate surface area is 677 Å². The normalized spacial score (nSPS) is 14.5. The highest BCUT2D eigenvalue weighted by molar-refractivity contribution is 7.47. The van der Waals surface area contributed by atoms with Crippen LogP contribution in [0.1, 0.15) is 367 Å². The number of esters is 3. The quantitative estimate of drug-likeness (QED) is 0.0146. The Morgan fingerprint density at radius 1 is 0.261 bits per heavy atom. The zero-order valence-corrected chi connectivity index (χ0v) is 71.9. The lowest BCUT2D eigenvalue weighted by molar-refractivity contribution is -0.161. The number of carbonyl (C=O) groups excluding carboxylic acids is 3. The summed E-state index contributed by atoms with van der Waals surface area (Å²) in [6, 6.07) is 0. The van der Waals surface area contributed by atoms with Crippen LogP contribution in [0.4, 0.5) is 0 Å². The summed E-state index contributed by atoms with van der Waals surface area (Å²) >= 11 is 0. The minimum Gasteiger partial charge on any atom is -0.463 e. The van der Waals surface area contributed by atoms with E-state index < -0.39 is 91.5 Å². The van der Waals surface area contributed by atoms with E-state index in [0.717, 1.165) is 161 Å². The third kappa shape index (κ3) is 86.1. The van der Waals surface area contributed by atoms with Gasteiger partial charge in [-0.25, -0.2) is 9.13 Å². The van der Waals surface area contributed by atoms with Gasteiger partial charge in [-0.05, 0) is 122 Å². The van der Waals surface area contributed by atoms with Crippen molar-refractivity contribution in [3.63, 3.8) is 0 Å². The lowest BCUT2D eigenvalue weighted by Gasteiger charge is -2.21. The maximum absolute atomic E-state index is 13.0. The number of aliphatic hydroxyl groups is 2. The van der Waals surface area contributed by atoms with Crippen LogP contribution in [0.2, 0.25) is 0 Å². The summed E-state index contributed by atoms with van der Waals surface area (Å²) in [7, 11) is -9.79. The number of aliphatic hydroxyl groups excluding tert-OH is 2. The predicted molar refractivity (Wildman–Crippen MR) is 463 cm³/mol. The standard InChI is InChI=1S/C93H160O16P2/c1-4-7-10-13-16-19-22-25-27-29-31-33-35-37-39-41-42-43-44-46-48-49-51-53-55-57-59-62-64-67-70-73-76-79-91(96)103-82-88(94)83-105-110(99,100)106-84-89(95)85-107-111(101,102)108-87-90(109-93(98)81-78-75-72-69-66-61-24-21-18-15-12-9-6-3)86-104-92(97)80-77-74-71-68-65-63-60-58-56-54-52-50-47-45-40-38-36-34-32-30-28-26-23-20-17-14-11-8-5-2/h7-8,10-11,16-17,19-20,25-28,31-34,37-40,42-43,47,50,88-90,94-95H,4-6,9,12-15,18,21-24,29-30,35-36,41,44-46,48-49,51-87H2,1-3H3,(H,99,100)(H,101,102)/b10-7-,11-8-,19-16-,20-17-,27-25-,28-26-,33-31-,34-32-,39-37-,40-38-,43-42-,50-47-. The van der Waals surface area contributed by atoms with Gasteiger partial charge in [0.05, 0.1) is 26.4 Å². The molecule has 0 saturated heterocycles. The Hall–Kier alpha value is -4.57. The first kappa shape index (κ1) is 106. The van der Waals surface area contributed by atoms with Crippen LogP contribution < -0.4 is 0 Å². The van der Waals surface area contributed by atoms with Crippen molar-refractivity contribution in [2.24, 2.45) is 0 Å². The molecule has 0 heterocycles. The van der Waals surface area contributed by atoms with Gasteiger partial charge in [-0.3, -0.25) is 32.5 Å². The highest BCUT2D eigenvalue weighted by Gasteiger charge is 2.29. The number of rotatable bonds is 83. The molecule has 0 bridgehead atoms. The zero-order chi connectivity index (χ0) is 80.8. The largest absolute Gasteiger partial charge is 0.472 e. The van der Waals surface area contributed by atoms with Crippen molar-refractivity contribution in [2.45, 2.75) is 386 Å². The molecule has 0 aromatic carbocycles. The number of hydrogen-bond donors (Lipinski definition) is 4. The van der Waals surface area contributed by atoms with Gasteiger partial charge in [0.15, 0.2) is 6.10 Å². The lowest BCUT2D eigenvalue weighted by Crippen LogP contribution is -2.30. The monoisotopic (exact) mass is 1600 g/mol. The first-order chi connectivity index (χ1) is 54.2. The second-order valence-electron chi connectivity index (χ2n) is 29.3. The van der Waals surface area contributed by atoms with E-state index in [-0.39, 0.29) is 19.3 Å². The Morgan fingerprint density at radius 3 is 0.757 bits per heavy atom. The Morgan fingerprint density at radius 2 is 0.477 bits per heavy atom. The van der Waals surface area contributed by atoms with Gasteiger partial charge in [0.2, 0.25) is 0 Å². The summed E-state index contributed by atoms with van der Waals surface area (Å²) in [6.07, 6.45) is 106. The Balaban J connectivity index is 4.43. The van der Waals surface area contributed by atoms with E-state index >= 15 is 0 Å². The first-order valence-corrected chi connectivity index (χ1v) is 47.1. The van der Waals surface area contributed by atoms with E-state index in [9.17, 15) is 43.5 Å². The van der Waals surface area contributed by atoms with Crippen molar-refractivity contribution >= 4 is 33.6 Å². The molecule has 111 heavy (non-hydrogen) atoms. The first-order valence-electron chi connectivity index (χ1n) is 44.1. The summed E-state index contributed by atoms with van der Waals surface area (Å²) < 4.78 is 61.3. The van der Waals surface area contributed by atoms with Crippen LogP contribution in [0.25, 0.3) is 0 Å². The van der Waals surface area contributed by atoms with Gasteiger partial charge in [0, 0.05) is 19.3 Å². The molecule has 4 N–H and O–H groups in total. The molecule has 5 unspecified atom stereocenters. The molecule has 0 amide bonds. The number of unbranched alkanes of at least 4 members (excludes halogenated alkanes) is 36. The van der Waals surface area contributed by atoms with Crippen molar-refractivity contribution in [2.75, 3.05) is 39.6 Å². The molecule has 0 aromatic rings. The summed E-state index contributed by atoms with van der Waals surface area (Å²) in [5, 5.41) is 20.7. The summed E-state index contributed by atoms with van der Waals surface area (Å²) in [5.74, 6) is -1.57. The molecule has 0 rings (SSSR count). The third-order valence-corrected chi connectivity index (χ3v) is 20.5. The molecule has 0 aliphatic carbocycles. The fourth-order valence-electron chi connectivity index (χ4n) is 11.9. The summed E-state index contributed by atoms with van der Waals surface area (Å²) in [5.41, 5.74) is 0. The highest BCUT2D eigenvalue weighted by atomic mass is 31.2. The van der Waals surface area contributed by atoms with Gasteiger partial charge in [-0.15, -0.1) is 0 Å². The van der Waals surface area contributed by atoms with Gasteiger partial charge in [0.1, 0.15) is 25.4 Å². The number of allylic oxidation sites excluding steroid dienone is 24. The van der Waals surface area contributed by atoms with Crippen LogP contribution in [0.15, 0.2) is 146 Å². The maximum atomic E-state index is 13.0. The van der Waals surface area contributed by atoms with E-state index in [0.29, 0.717) is 19.3 Å². The minimum absolute atomic E-state index is 0.105. The van der Waals surface area contributed by atoms with Gasteiger partial charge in [-0.1, -0.05) is 372 Å². The molecule has 0 radical (unpaired) electrons. The molecule has 0 aliphatic heterocycles. The number of phosphoric ester groups is 2. The SMILES string of the molecule is CC/C=C\C/C=C\C/C=C\C/C=C\C/C=C\C/C=C\CCCCCCCCCCCCCCCCC(=O)OCC(O)COP(=O)(O)OCC(O)COP(=O)(O)OCC(COC(=O)CCCCCCCCCCCC/C=C\C/C=C\C/C=C\C/C=C\C/C=C\C/C=C\CC)OC(=O)CCCCCCCCCCCCCCC. The zero-order valence-electron chi connectivity index (χ0n) is 70.1. The van der Waals surface area contributed by atoms with Crippen molar-refractivity contribution < 1.29 is 75.8 Å². The molecule has 0 spiro atoms. The fourth-order valence-corrected chi connectivity index (χ4v) is 13.5. The van der Waals surface area contributed by atoms with E-state index in [1.807, 2.05) is 0 Å². The summed E-state index contributed by atoms with van der Waals surface area (Å²) in [6.45, 7) is 2.49. The second-order valence-corrected chi connectivity index (χ2v) is 32.2. The average Bonchev–Trinajstić information content (AvgIpc) is 0.978. The maximum Gasteiger partial charge on any atom is 0.472 e. The van der Waals surface area contributed by atoms with E-state index in [4.69, 9.17) is 32.3 Å². The minimum atomic E-state index is -4.93. The van der Waals surface area contributed by atoms with Gasteiger partial charge in [0.25, 0.3) is 0 Å². The van der Waals surface area contributed by atoms with E-state index in [2.05, 4.69) is 167 Å². The van der Waals surface area contributed by atoms with Gasteiger partial charge >= 0.3 is 33.6 Å². The number of ether oxygens (including phenoxy) is 3. The average molecular weight is 1600 g/mol. The lowest BCUT2D eigenvalue weighted by atomic mass is 10.0. The Kier molecular flexibility index (Phi) is 81.3.